The van der Waals surface area contributed by atoms with Crippen LogP contribution in [0.3, 0.4) is 0 Å². The molecule has 1 unspecified atom stereocenters. The highest BCUT2D eigenvalue weighted by Gasteiger charge is 2.25. The highest BCUT2D eigenvalue weighted by Crippen LogP contribution is 2.31. The zero-order valence-corrected chi connectivity index (χ0v) is 17.0. The van der Waals surface area contributed by atoms with Crippen molar-refractivity contribution in [2.45, 2.75) is 19.6 Å². The van der Waals surface area contributed by atoms with Crippen LogP contribution in [0.5, 0.6) is 17.2 Å². The van der Waals surface area contributed by atoms with Crippen molar-refractivity contribution in [2.75, 3.05) is 19.7 Å². The second kappa shape index (κ2) is 9.35. The number of amides is 1. The average Bonchev–Trinajstić information content (AvgIpc) is 2.81. The van der Waals surface area contributed by atoms with Crippen LogP contribution >= 0.6 is 0 Å². The van der Waals surface area contributed by atoms with E-state index in [9.17, 15) is 4.79 Å². The van der Waals surface area contributed by atoms with Gasteiger partial charge in [0, 0.05) is 12.1 Å². The summed E-state index contributed by atoms with van der Waals surface area (Å²) in [6.45, 7) is 3.93. The molecule has 154 valence electrons. The molecule has 0 fully saturated rings. The summed E-state index contributed by atoms with van der Waals surface area (Å²) in [5.74, 6) is 2.28. The zero-order valence-electron chi connectivity index (χ0n) is 17.0. The van der Waals surface area contributed by atoms with E-state index in [0.29, 0.717) is 31.9 Å². The number of fused-ring (bicyclic) bond motifs is 1. The van der Waals surface area contributed by atoms with Gasteiger partial charge in [0.1, 0.15) is 19.0 Å². The van der Waals surface area contributed by atoms with Crippen LogP contribution in [0.1, 0.15) is 22.8 Å². The number of carbonyl (C=O) groups is 1. The van der Waals surface area contributed by atoms with Crippen LogP contribution in [-0.2, 0) is 6.61 Å². The van der Waals surface area contributed by atoms with Gasteiger partial charge >= 0.3 is 0 Å². The molecular formula is C25H25NO4. The number of hydrogen-bond acceptors (Lipinski definition) is 4. The SMILES string of the molecule is CCN(CC1COc2ccccc2O1)C(=O)c1ccc(COc2ccccc2)cc1. The second-order valence-electron chi connectivity index (χ2n) is 7.14. The first-order valence-electron chi connectivity index (χ1n) is 10.2. The molecular weight excluding hydrogens is 378 g/mol. The number of benzene rings is 3. The van der Waals surface area contributed by atoms with Gasteiger partial charge < -0.3 is 19.1 Å². The van der Waals surface area contributed by atoms with Crippen molar-refractivity contribution in [2.24, 2.45) is 0 Å². The summed E-state index contributed by atoms with van der Waals surface area (Å²) in [4.78, 5) is 14.8. The predicted octanol–water partition coefficient (Wildman–Crippen LogP) is 4.57. The van der Waals surface area contributed by atoms with Crippen molar-refractivity contribution in [3.05, 3.63) is 90.0 Å². The molecule has 0 aliphatic carbocycles. The Kier molecular flexibility index (Phi) is 6.18. The number of likely N-dealkylation sites (N-methyl/N-ethyl adjacent to an activating group) is 1. The summed E-state index contributed by atoms with van der Waals surface area (Å²) < 4.78 is 17.5. The maximum absolute atomic E-state index is 13.0. The molecule has 1 heterocycles. The normalized spacial score (nSPS) is 14.8. The maximum Gasteiger partial charge on any atom is 0.253 e. The first-order valence-corrected chi connectivity index (χ1v) is 10.2. The lowest BCUT2D eigenvalue weighted by Crippen LogP contribution is -2.43. The van der Waals surface area contributed by atoms with Crippen LogP contribution in [0.25, 0.3) is 0 Å². The second-order valence-corrected chi connectivity index (χ2v) is 7.14. The number of rotatable bonds is 7. The summed E-state index contributed by atoms with van der Waals surface area (Å²) in [6.07, 6.45) is -0.192. The van der Waals surface area contributed by atoms with Crippen LogP contribution in [0, 0.1) is 0 Å². The van der Waals surface area contributed by atoms with Crippen molar-refractivity contribution < 1.29 is 19.0 Å². The summed E-state index contributed by atoms with van der Waals surface area (Å²) in [7, 11) is 0. The van der Waals surface area contributed by atoms with Crippen LogP contribution < -0.4 is 14.2 Å². The predicted molar refractivity (Wildman–Crippen MR) is 115 cm³/mol. The zero-order chi connectivity index (χ0) is 20.8. The van der Waals surface area contributed by atoms with E-state index in [1.165, 1.54) is 0 Å². The summed E-state index contributed by atoms with van der Waals surface area (Å²) in [5.41, 5.74) is 1.66. The molecule has 3 aromatic carbocycles. The van der Waals surface area contributed by atoms with E-state index >= 15 is 0 Å². The molecule has 5 heteroatoms. The van der Waals surface area contributed by atoms with E-state index in [1.54, 1.807) is 4.90 Å². The smallest absolute Gasteiger partial charge is 0.253 e. The largest absolute Gasteiger partial charge is 0.489 e. The fourth-order valence-corrected chi connectivity index (χ4v) is 3.36. The van der Waals surface area contributed by atoms with Crippen molar-refractivity contribution in [1.29, 1.82) is 0 Å². The van der Waals surface area contributed by atoms with E-state index < -0.39 is 0 Å². The van der Waals surface area contributed by atoms with Crippen LogP contribution in [0.4, 0.5) is 0 Å². The topological polar surface area (TPSA) is 48.0 Å². The molecule has 0 bridgehead atoms. The Labute approximate surface area is 176 Å². The lowest BCUT2D eigenvalue weighted by molar-refractivity contribution is 0.0475. The summed E-state index contributed by atoms with van der Waals surface area (Å²) in [6, 6.07) is 24.8. The van der Waals surface area contributed by atoms with Crippen LogP contribution in [-0.4, -0.2) is 36.6 Å². The molecule has 1 aliphatic heterocycles. The highest BCUT2D eigenvalue weighted by atomic mass is 16.6. The van der Waals surface area contributed by atoms with Gasteiger partial charge in [-0.25, -0.2) is 0 Å². The first kappa shape index (κ1) is 19.8. The molecule has 1 aliphatic rings. The number of hydrogen-bond donors (Lipinski definition) is 0. The van der Waals surface area contributed by atoms with Crippen molar-refractivity contribution in [1.82, 2.24) is 4.90 Å². The molecule has 0 spiro atoms. The van der Waals surface area contributed by atoms with E-state index in [2.05, 4.69) is 0 Å². The quantitative estimate of drug-likeness (QED) is 0.580. The molecule has 1 amide bonds. The Morgan fingerprint density at radius 1 is 0.967 bits per heavy atom. The Morgan fingerprint density at radius 3 is 2.40 bits per heavy atom. The molecule has 1 atom stereocenters. The molecule has 0 aromatic heterocycles. The standard InChI is InChI=1S/C25H25NO4/c1-2-26(16-22-18-29-23-10-6-7-11-24(23)30-22)25(27)20-14-12-19(13-15-20)17-28-21-8-4-3-5-9-21/h3-15,22H,2,16-18H2,1H3. The fraction of sp³-hybridized carbons (Fsp3) is 0.240. The van der Waals surface area contributed by atoms with E-state index in [1.807, 2.05) is 85.8 Å². The first-order chi connectivity index (χ1) is 14.7. The van der Waals surface area contributed by atoms with Crippen LogP contribution in [0.15, 0.2) is 78.9 Å². The lowest BCUT2D eigenvalue weighted by Gasteiger charge is -2.31. The van der Waals surface area contributed by atoms with Gasteiger partial charge in [0.05, 0.1) is 6.54 Å². The van der Waals surface area contributed by atoms with Gasteiger partial charge in [-0.15, -0.1) is 0 Å². The van der Waals surface area contributed by atoms with Gasteiger partial charge in [0.25, 0.3) is 5.91 Å². The van der Waals surface area contributed by atoms with Crippen molar-refractivity contribution in [3.63, 3.8) is 0 Å². The number of para-hydroxylation sites is 3. The van der Waals surface area contributed by atoms with Gasteiger partial charge in [-0.1, -0.05) is 42.5 Å². The highest BCUT2D eigenvalue weighted by molar-refractivity contribution is 5.94. The molecule has 0 radical (unpaired) electrons. The third-order valence-corrected chi connectivity index (χ3v) is 5.01. The van der Waals surface area contributed by atoms with Gasteiger partial charge in [0.2, 0.25) is 0 Å². The summed E-state index contributed by atoms with van der Waals surface area (Å²) in [5, 5.41) is 0. The average molecular weight is 403 g/mol. The minimum absolute atomic E-state index is 0.0181. The maximum atomic E-state index is 13.0. The van der Waals surface area contributed by atoms with Gasteiger partial charge in [-0.3, -0.25) is 4.79 Å². The minimum atomic E-state index is -0.192. The minimum Gasteiger partial charge on any atom is -0.489 e. The van der Waals surface area contributed by atoms with Gasteiger partial charge in [0.15, 0.2) is 17.6 Å². The van der Waals surface area contributed by atoms with Crippen LogP contribution in [0.2, 0.25) is 0 Å². The van der Waals surface area contributed by atoms with E-state index in [4.69, 9.17) is 14.2 Å². The Bertz CT molecular complexity index is 972. The molecule has 0 N–H and O–H groups in total. The van der Waals surface area contributed by atoms with Crippen molar-refractivity contribution >= 4 is 5.91 Å². The Hall–Kier alpha value is -3.47. The Morgan fingerprint density at radius 2 is 1.67 bits per heavy atom. The van der Waals surface area contributed by atoms with E-state index in [0.717, 1.165) is 22.8 Å². The molecule has 30 heavy (non-hydrogen) atoms. The third kappa shape index (κ3) is 4.74. The lowest BCUT2D eigenvalue weighted by atomic mass is 10.1. The molecule has 0 saturated carbocycles. The third-order valence-electron chi connectivity index (χ3n) is 5.01. The monoisotopic (exact) mass is 403 g/mol. The van der Waals surface area contributed by atoms with E-state index in [-0.39, 0.29) is 12.0 Å². The van der Waals surface area contributed by atoms with Crippen molar-refractivity contribution in [3.8, 4) is 17.2 Å². The fourth-order valence-electron chi connectivity index (χ4n) is 3.36. The molecule has 3 aromatic rings. The summed E-state index contributed by atoms with van der Waals surface area (Å²) >= 11 is 0. The Balaban J connectivity index is 1.35. The number of carbonyl (C=O) groups excluding carboxylic acids is 1. The molecule has 0 saturated heterocycles. The number of nitrogens with zero attached hydrogens (tertiary/aromatic N) is 1. The molecule has 4 rings (SSSR count). The van der Waals surface area contributed by atoms with Gasteiger partial charge in [-0.2, -0.15) is 0 Å². The van der Waals surface area contributed by atoms with Gasteiger partial charge in [-0.05, 0) is 48.9 Å². The number of ether oxygens (including phenoxy) is 3. The molecule has 5 nitrogen and oxygen atoms in total.